The highest BCUT2D eigenvalue weighted by Crippen LogP contribution is 2.40. The third-order valence-electron chi connectivity index (χ3n) is 2.90. The molecular formula is C13H13NO5. The van der Waals surface area contributed by atoms with Crippen LogP contribution in [0.1, 0.15) is 21.6 Å². The summed E-state index contributed by atoms with van der Waals surface area (Å²) in [6, 6.07) is 3.02. The highest BCUT2D eigenvalue weighted by molar-refractivity contribution is 5.87. The molecule has 0 radical (unpaired) electrons. The van der Waals surface area contributed by atoms with Crippen LogP contribution in [0.3, 0.4) is 0 Å². The number of carbonyl (C=O) groups is 1. The van der Waals surface area contributed by atoms with Gasteiger partial charge in [-0.1, -0.05) is 5.16 Å². The number of phenols is 1. The molecule has 0 spiro atoms. The van der Waals surface area contributed by atoms with Gasteiger partial charge in [0.2, 0.25) is 0 Å². The van der Waals surface area contributed by atoms with E-state index < -0.39 is 5.97 Å². The van der Waals surface area contributed by atoms with Gasteiger partial charge in [0, 0.05) is 11.6 Å². The highest BCUT2D eigenvalue weighted by Gasteiger charge is 2.20. The molecule has 1 aromatic carbocycles. The minimum Gasteiger partial charge on any atom is -0.507 e. The largest absolute Gasteiger partial charge is 0.507 e. The van der Waals surface area contributed by atoms with Gasteiger partial charge >= 0.3 is 5.97 Å². The molecule has 0 aliphatic rings. The number of hydrogen-bond acceptors (Lipinski definition) is 5. The van der Waals surface area contributed by atoms with E-state index in [2.05, 4.69) is 5.16 Å². The molecule has 0 aliphatic heterocycles. The summed E-state index contributed by atoms with van der Waals surface area (Å²) in [5, 5.41) is 22.4. The molecule has 6 nitrogen and oxygen atoms in total. The molecule has 6 heteroatoms. The second-order valence-electron chi connectivity index (χ2n) is 4.13. The zero-order valence-corrected chi connectivity index (χ0v) is 10.7. The first-order chi connectivity index (χ1) is 8.95. The number of aromatic hydroxyl groups is 1. The average Bonchev–Trinajstić information content (AvgIpc) is 2.83. The van der Waals surface area contributed by atoms with E-state index in [4.69, 9.17) is 14.4 Å². The van der Waals surface area contributed by atoms with E-state index in [0.717, 1.165) is 0 Å². The molecule has 0 saturated heterocycles. The molecule has 0 aliphatic carbocycles. The number of aromatic carboxylic acids is 1. The quantitative estimate of drug-likeness (QED) is 0.883. The molecule has 1 heterocycles. The molecule has 0 atom stereocenters. The minimum atomic E-state index is -1.18. The van der Waals surface area contributed by atoms with Crippen LogP contribution < -0.4 is 4.74 Å². The predicted octanol–water partition coefficient (Wildman–Crippen LogP) is 2.37. The predicted molar refractivity (Wildman–Crippen MR) is 66.6 cm³/mol. The third kappa shape index (κ3) is 2.12. The van der Waals surface area contributed by atoms with Crippen molar-refractivity contribution < 1.29 is 24.3 Å². The molecule has 0 amide bonds. The number of benzene rings is 1. The smallest absolute Gasteiger partial charge is 0.358 e. The van der Waals surface area contributed by atoms with E-state index in [1.165, 1.54) is 13.2 Å². The molecule has 100 valence electrons. The van der Waals surface area contributed by atoms with E-state index in [0.29, 0.717) is 22.4 Å². The lowest BCUT2D eigenvalue weighted by Crippen LogP contribution is -1.95. The number of nitrogens with zero attached hydrogens (tertiary/aromatic N) is 1. The number of methoxy groups -OCH3 is 1. The molecule has 0 saturated carbocycles. The Morgan fingerprint density at radius 1 is 1.37 bits per heavy atom. The van der Waals surface area contributed by atoms with Gasteiger partial charge in [-0.05, 0) is 25.5 Å². The van der Waals surface area contributed by atoms with Crippen molar-refractivity contribution in [1.29, 1.82) is 0 Å². The first-order valence-corrected chi connectivity index (χ1v) is 5.53. The van der Waals surface area contributed by atoms with Crippen LogP contribution in [-0.4, -0.2) is 28.4 Å². The van der Waals surface area contributed by atoms with Gasteiger partial charge in [0.25, 0.3) is 0 Å². The Morgan fingerprint density at radius 2 is 2.05 bits per heavy atom. The fourth-order valence-electron chi connectivity index (χ4n) is 1.88. The van der Waals surface area contributed by atoms with Crippen molar-refractivity contribution in [3.8, 4) is 22.8 Å². The SMILES string of the molecule is COc1cc(C)c(-c2cc(C(=O)O)no2)c(O)c1C. The first kappa shape index (κ1) is 12.9. The number of rotatable bonds is 3. The second-order valence-corrected chi connectivity index (χ2v) is 4.13. The topological polar surface area (TPSA) is 92.8 Å². The van der Waals surface area contributed by atoms with Crippen LogP contribution in [0.2, 0.25) is 0 Å². The standard InChI is InChI=1S/C13H13NO5/c1-6-4-9(18-3)7(2)12(15)11(6)10-5-8(13(16)17)14-19-10/h4-5,15H,1-3H3,(H,16,17). The maximum Gasteiger partial charge on any atom is 0.358 e. The number of phenolic OH excluding ortho intramolecular Hbond substituents is 1. The Morgan fingerprint density at radius 3 is 2.58 bits per heavy atom. The van der Waals surface area contributed by atoms with Crippen LogP contribution in [0.5, 0.6) is 11.5 Å². The Balaban J connectivity index is 2.61. The number of carboxylic acids is 1. The maximum absolute atomic E-state index is 10.8. The molecule has 1 aromatic heterocycles. The fourth-order valence-corrected chi connectivity index (χ4v) is 1.88. The van der Waals surface area contributed by atoms with Crippen molar-refractivity contribution in [2.45, 2.75) is 13.8 Å². The van der Waals surface area contributed by atoms with Crippen LogP contribution >= 0.6 is 0 Å². The molecule has 19 heavy (non-hydrogen) atoms. The van der Waals surface area contributed by atoms with E-state index >= 15 is 0 Å². The molecule has 2 N–H and O–H groups in total. The lowest BCUT2D eigenvalue weighted by molar-refractivity contribution is 0.0686. The van der Waals surface area contributed by atoms with Gasteiger partial charge in [-0.2, -0.15) is 0 Å². The number of aromatic nitrogens is 1. The number of carboxylic acid groups (broad SMARTS) is 1. The van der Waals surface area contributed by atoms with Gasteiger partial charge in [-0.3, -0.25) is 0 Å². The number of ether oxygens (including phenoxy) is 1. The van der Waals surface area contributed by atoms with Gasteiger partial charge in [-0.25, -0.2) is 4.79 Å². The number of hydrogen-bond donors (Lipinski definition) is 2. The van der Waals surface area contributed by atoms with Gasteiger partial charge in [0.05, 0.1) is 12.7 Å². The van der Waals surface area contributed by atoms with Crippen molar-refractivity contribution in [2.75, 3.05) is 7.11 Å². The third-order valence-corrected chi connectivity index (χ3v) is 2.90. The van der Waals surface area contributed by atoms with E-state index in [9.17, 15) is 9.90 Å². The van der Waals surface area contributed by atoms with Crippen LogP contribution in [-0.2, 0) is 0 Å². The van der Waals surface area contributed by atoms with E-state index in [-0.39, 0.29) is 17.2 Å². The Bertz CT molecular complexity index is 645. The van der Waals surface area contributed by atoms with Crippen LogP contribution in [0.4, 0.5) is 0 Å². The molecule has 0 unspecified atom stereocenters. The van der Waals surface area contributed by atoms with Gasteiger partial charge in [0.15, 0.2) is 11.5 Å². The summed E-state index contributed by atoms with van der Waals surface area (Å²) < 4.78 is 10.1. The fraction of sp³-hybridized carbons (Fsp3) is 0.231. The summed E-state index contributed by atoms with van der Waals surface area (Å²) in [5.41, 5.74) is 1.46. The normalized spacial score (nSPS) is 10.5. The van der Waals surface area contributed by atoms with E-state index in [1.54, 1.807) is 19.9 Å². The van der Waals surface area contributed by atoms with Crippen molar-refractivity contribution in [3.63, 3.8) is 0 Å². The molecule has 0 bridgehead atoms. The Labute approximate surface area is 109 Å². The summed E-state index contributed by atoms with van der Waals surface area (Å²) in [5.74, 6) is -0.433. The van der Waals surface area contributed by atoms with Crippen molar-refractivity contribution in [3.05, 3.63) is 29.0 Å². The summed E-state index contributed by atoms with van der Waals surface area (Å²) in [6.07, 6.45) is 0. The van der Waals surface area contributed by atoms with Crippen LogP contribution in [0, 0.1) is 13.8 Å². The Hall–Kier alpha value is -2.50. The first-order valence-electron chi connectivity index (χ1n) is 5.53. The van der Waals surface area contributed by atoms with E-state index in [1.807, 2.05) is 0 Å². The van der Waals surface area contributed by atoms with Crippen LogP contribution in [0.15, 0.2) is 16.7 Å². The van der Waals surface area contributed by atoms with Crippen molar-refractivity contribution >= 4 is 5.97 Å². The summed E-state index contributed by atoms with van der Waals surface area (Å²) in [7, 11) is 1.51. The van der Waals surface area contributed by atoms with Gasteiger partial charge in [-0.15, -0.1) is 0 Å². The van der Waals surface area contributed by atoms with Gasteiger partial charge in [0.1, 0.15) is 11.5 Å². The number of aryl methyl sites for hydroxylation is 1. The Kier molecular flexibility index (Phi) is 3.16. The summed E-state index contributed by atoms with van der Waals surface area (Å²) in [4.78, 5) is 10.8. The highest BCUT2D eigenvalue weighted by atomic mass is 16.5. The zero-order chi connectivity index (χ0) is 14.2. The lowest BCUT2D eigenvalue weighted by Gasteiger charge is -2.12. The zero-order valence-electron chi connectivity index (χ0n) is 10.7. The minimum absolute atomic E-state index is 0.00932. The second kappa shape index (κ2) is 4.64. The van der Waals surface area contributed by atoms with Crippen molar-refractivity contribution in [2.24, 2.45) is 0 Å². The molecule has 2 rings (SSSR count). The molecule has 0 fully saturated rings. The average molecular weight is 263 g/mol. The molecular weight excluding hydrogens is 250 g/mol. The van der Waals surface area contributed by atoms with Crippen molar-refractivity contribution in [1.82, 2.24) is 5.16 Å². The molecule has 2 aromatic rings. The monoisotopic (exact) mass is 263 g/mol. The maximum atomic E-state index is 10.8. The summed E-state index contributed by atoms with van der Waals surface area (Å²) in [6.45, 7) is 3.46. The lowest BCUT2D eigenvalue weighted by atomic mass is 10.0. The van der Waals surface area contributed by atoms with Crippen LogP contribution in [0.25, 0.3) is 11.3 Å². The summed E-state index contributed by atoms with van der Waals surface area (Å²) >= 11 is 0. The van der Waals surface area contributed by atoms with Gasteiger partial charge < -0.3 is 19.5 Å².